The number of ether oxygens (including phenoxy) is 3. The monoisotopic (exact) mass is 334 g/mol. The van der Waals surface area contributed by atoms with Crippen LogP contribution in [0, 0.1) is 0 Å². The molecule has 2 aromatic rings. The molecule has 5 nitrogen and oxygen atoms in total. The molecular weight excluding hydrogens is 315 g/mol. The van der Waals surface area contributed by atoms with Crippen molar-refractivity contribution in [3.05, 3.63) is 53.6 Å². The molecule has 2 rings (SSSR count). The molecule has 0 saturated heterocycles. The highest BCUT2D eigenvalue weighted by Crippen LogP contribution is 2.41. The molecule has 6 heteroatoms. The molecule has 0 spiro atoms. The fraction of sp³-hybridized carbons (Fsp3) is 0.235. The topological polar surface area (TPSA) is 61.8 Å². The van der Waals surface area contributed by atoms with Crippen LogP contribution in [0.1, 0.15) is 15.9 Å². The molecule has 0 radical (unpaired) electrons. The molecule has 0 bridgehead atoms. The Morgan fingerprint density at radius 1 is 0.957 bits per heavy atom. The lowest BCUT2D eigenvalue weighted by Gasteiger charge is -2.14. The van der Waals surface area contributed by atoms with Gasteiger partial charge in [-0.15, -0.1) is 0 Å². The molecule has 0 amide bonds. The van der Waals surface area contributed by atoms with Gasteiger partial charge in [-0.05, 0) is 5.56 Å². The van der Waals surface area contributed by atoms with E-state index in [-0.39, 0.29) is 23.2 Å². The molecule has 0 fully saturated rings. The highest BCUT2D eigenvalue weighted by Gasteiger charge is 2.24. The Hall–Kier alpha value is -2.26. The number of carbonyl (C=O) groups is 1. The Morgan fingerprint density at radius 2 is 1.52 bits per heavy atom. The Bertz CT molecular complexity index is 687. The van der Waals surface area contributed by atoms with Crippen LogP contribution >= 0.6 is 7.80 Å². The van der Waals surface area contributed by atoms with Crippen LogP contribution in [0.15, 0.2) is 42.5 Å². The van der Waals surface area contributed by atoms with Crippen LogP contribution in [0.5, 0.6) is 17.2 Å². The van der Waals surface area contributed by atoms with Crippen LogP contribution in [0.3, 0.4) is 0 Å². The first-order valence-electron chi connectivity index (χ1n) is 7.02. The third-order valence-corrected chi connectivity index (χ3v) is 4.89. The number of benzene rings is 2. The van der Waals surface area contributed by atoms with E-state index in [0.29, 0.717) is 5.75 Å². The summed E-state index contributed by atoms with van der Waals surface area (Å²) in [5.74, 6) is 1.08. The summed E-state index contributed by atoms with van der Waals surface area (Å²) in [6, 6.07) is 12.4. The molecule has 0 aromatic heterocycles. The second kappa shape index (κ2) is 7.84. The predicted octanol–water partition coefficient (Wildman–Crippen LogP) is 3.61. The molecule has 0 N–H and O–H groups in total. The molecule has 0 aliphatic carbocycles. The maximum Gasteiger partial charge on any atom is 0.226 e. The average Bonchev–Trinajstić information content (AvgIpc) is 2.60. The van der Waals surface area contributed by atoms with Gasteiger partial charge in [0.2, 0.25) is 5.52 Å². The van der Waals surface area contributed by atoms with E-state index >= 15 is 0 Å². The number of carbonyl (C=O) groups excluding carboxylic acids is 1. The molecule has 122 valence electrons. The van der Waals surface area contributed by atoms with Gasteiger partial charge in [0, 0.05) is 18.3 Å². The first kappa shape index (κ1) is 17.1. The minimum absolute atomic E-state index is 0.190. The average molecular weight is 334 g/mol. The van der Waals surface area contributed by atoms with Crippen molar-refractivity contribution in [2.24, 2.45) is 0 Å². The van der Waals surface area contributed by atoms with Gasteiger partial charge in [-0.25, -0.2) is 0 Å². The Kier molecular flexibility index (Phi) is 5.83. The van der Waals surface area contributed by atoms with Crippen molar-refractivity contribution in [3.8, 4) is 17.2 Å². The Balaban J connectivity index is 2.36. The largest absolute Gasteiger partial charge is 0.496 e. The summed E-state index contributed by atoms with van der Waals surface area (Å²) in [7, 11) is 1.85. The second-order valence-corrected chi connectivity index (χ2v) is 6.48. The quantitative estimate of drug-likeness (QED) is 0.724. The fourth-order valence-electron chi connectivity index (χ4n) is 2.23. The van der Waals surface area contributed by atoms with E-state index in [1.54, 1.807) is 12.1 Å². The first-order valence-corrected chi connectivity index (χ1v) is 8.63. The number of rotatable bonds is 7. The zero-order valence-electron chi connectivity index (χ0n) is 13.3. The van der Waals surface area contributed by atoms with Crippen molar-refractivity contribution in [3.63, 3.8) is 0 Å². The molecule has 2 aromatic carbocycles. The smallest absolute Gasteiger partial charge is 0.226 e. The third kappa shape index (κ3) is 3.93. The van der Waals surface area contributed by atoms with E-state index in [0.717, 1.165) is 5.56 Å². The summed E-state index contributed by atoms with van der Waals surface area (Å²) in [5, 5.41) is 0. The van der Waals surface area contributed by atoms with E-state index in [1.807, 2.05) is 30.3 Å². The van der Waals surface area contributed by atoms with E-state index in [4.69, 9.17) is 14.2 Å². The minimum atomic E-state index is -2.54. The van der Waals surface area contributed by atoms with E-state index in [1.165, 1.54) is 21.3 Å². The van der Waals surface area contributed by atoms with Gasteiger partial charge in [-0.3, -0.25) is 4.79 Å². The SMILES string of the molecule is COc1cc(OC)c(C(=O)[PH](=O)Cc2ccccc2)c(OC)c1. The van der Waals surface area contributed by atoms with Gasteiger partial charge in [0.05, 0.1) is 21.3 Å². The molecule has 1 atom stereocenters. The fourth-order valence-corrected chi connectivity index (χ4v) is 3.52. The highest BCUT2D eigenvalue weighted by atomic mass is 31.1. The third-order valence-electron chi connectivity index (χ3n) is 3.40. The Labute approximate surface area is 136 Å². The second-order valence-electron chi connectivity index (χ2n) is 4.82. The number of hydrogen-bond acceptors (Lipinski definition) is 5. The van der Waals surface area contributed by atoms with Gasteiger partial charge in [0.25, 0.3) is 0 Å². The summed E-state index contributed by atoms with van der Waals surface area (Å²) in [6.07, 6.45) is 0.211. The van der Waals surface area contributed by atoms with Crippen LogP contribution in [0.2, 0.25) is 0 Å². The number of methoxy groups -OCH3 is 3. The molecule has 0 aliphatic heterocycles. The van der Waals surface area contributed by atoms with E-state index < -0.39 is 13.3 Å². The van der Waals surface area contributed by atoms with Crippen molar-refractivity contribution in [1.82, 2.24) is 0 Å². The lowest BCUT2D eigenvalue weighted by atomic mass is 10.2. The lowest BCUT2D eigenvalue weighted by Crippen LogP contribution is -2.03. The zero-order valence-corrected chi connectivity index (χ0v) is 14.3. The normalized spacial score (nSPS) is 11.6. The van der Waals surface area contributed by atoms with E-state index in [2.05, 4.69) is 0 Å². The van der Waals surface area contributed by atoms with Gasteiger partial charge in [0.15, 0.2) is 0 Å². The van der Waals surface area contributed by atoms with Crippen molar-refractivity contribution >= 4 is 13.3 Å². The van der Waals surface area contributed by atoms with E-state index in [9.17, 15) is 9.36 Å². The van der Waals surface area contributed by atoms with Crippen molar-refractivity contribution in [2.75, 3.05) is 21.3 Å². The zero-order chi connectivity index (χ0) is 16.8. The van der Waals surface area contributed by atoms with Gasteiger partial charge < -0.3 is 18.8 Å². The number of hydrogen-bond donors (Lipinski definition) is 0. The van der Waals surface area contributed by atoms with Crippen molar-refractivity contribution < 1.29 is 23.6 Å². The van der Waals surface area contributed by atoms with Gasteiger partial charge in [-0.1, -0.05) is 30.3 Å². The molecule has 0 heterocycles. The molecule has 23 heavy (non-hydrogen) atoms. The maximum atomic E-state index is 12.6. The summed E-state index contributed by atoms with van der Waals surface area (Å²) >= 11 is 0. The van der Waals surface area contributed by atoms with Crippen LogP contribution in [-0.4, -0.2) is 26.9 Å². The summed E-state index contributed by atoms with van der Waals surface area (Å²) in [6.45, 7) is 0. The first-order chi connectivity index (χ1) is 11.1. The maximum absolute atomic E-state index is 12.6. The highest BCUT2D eigenvalue weighted by molar-refractivity contribution is 7.63. The standard InChI is InChI=1S/C17H19O5P/c1-20-13-9-14(21-2)16(15(10-13)22-3)17(18)23(19)11-12-7-5-4-6-8-12/h4-10,23H,11H2,1-3H3. The Morgan fingerprint density at radius 3 is 2.00 bits per heavy atom. The van der Waals surface area contributed by atoms with Crippen LogP contribution in [-0.2, 0) is 10.7 Å². The predicted molar refractivity (Wildman–Crippen MR) is 89.6 cm³/mol. The molecule has 0 saturated carbocycles. The van der Waals surface area contributed by atoms with Crippen LogP contribution < -0.4 is 14.2 Å². The van der Waals surface area contributed by atoms with Crippen molar-refractivity contribution in [2.45, 2.75) is 6.16 Å². The summed E-state index contributed by atoms with van der Waals surface area (Å²) < 4.78 is 28.1. The van der Waals surface area contributed by atoms with Gasteiger partial charge in [0.1, 0.15) is 30.6 Å². The van der Waals surface area contributed by atoms with Gasteiger partial charge in [-0.2, -0.15) is 0 Å². The molecule has 1 unspecified atom stereocenters. The van der Waals surface area contributed by atoms with Gasteiger partial charge >= 0.3 is 0 Å². The van der Waals surface area contributed by atoms with Crippen LogP contribution in [0.25, 0.3) is 0 Å². The minimum Gasteiger partial charge on any atom is -0.496 e. The summed E-state index contributed by atoms with van der Waals surface area (Å²) in [5.41, 5.74) is 0.585. The molecule has 0 aliphatic rings. The van der Waals surface area contributed by atoms with Crippen molar-refractivity contribution in [1.29, 1.82) is 0 Å². The lowest BCUT2D eigenvalue weighted by molar-refractivity contribution is 0.107. The summed E-state index contributed by atoms with van der Waals surface area (Å²) in [4.78, 5) is 12.6. The van der Waals surface area contributed by atoms with Crippen LogP contribution in [0.4, 0.5) is 0 Å². The molecular formula is C17H19O5P.